The minimum Gasteiger partial charge on any atom is -0.467 e. The van der Waals surface area contributed by atoms with Crippen LogP contribution in [0, 0.1) is 5.82 Å². The predicted octanol–water partition coefficient (Wildman–Crippen LogP) is 2.04. The van der Waals surface area contributed by atoms with Crippen molar-refractivity contribution in [3.63, 3.8) is 0 Å². The fourth-order valence-corrected chi connectivity index (χ4v) is 2.23. The van der Waals surface area contributed by atoms with E-state index in [0.29, 0.717) is 12.1 Å². The Morgan fingerprint density at radius 2 is 2.00 bits per heavy atom. The summed E-state index contributed by atoms with van der Waals surface area (Å²) in [5, 5.41) is 5.14. The lowest BCUT2D eigenvalue weighted by Gasteiger charge is -2.14. The number of ether oxygens (including phenoxy) is 1. The molecule has 1 aromatic heterocycles. The number of halogens is 1. The maximum atomic E-state index is 13.7. The van der Waals surface area contributed by atoms with Gasteiger partial charge in [0.05, 0.1) is 20.2 Å². The number of carbonyl (C=O) groups is 2. The third-order valence-corrected chi connectivity index (χ3v) is 3.55. The summed E-state index contributed by atoms with van der Waals surface area (Å²) in [5.74, 6) is -0.789. The molecule has 0 aliphatic rings. The van der Waals surface area contributed by atoms with Gasteiger partial charge in [0.15, 0.2) is 0 Å². The molecule has 1 aromatic carbocycles. The van der Waals surface area contributed by atoms with E-state index in [2.05, 4.69) is 15.4 Å². The Bertz CT molecular complexity index is 715. The number of nitrogens with one attached hydrogen (secondary N) is 2. The van der Waals surface area contributed by atoms with E-state index >= 15 is 0 Å². The lowest BCUT2D eigenvalue weighted by molar-refractivity contribution is -0.142. The molecular formula is C17H20FN3O3. The zero-order valence-corrected chi connectivity index (χ0v) is 13.6. The highest BCUT2D eigenvalue weighted by atomic mass is 19.1. The predicted molar refractivity (Wildman–Crippen MR) is 86.8 cm³/mol. The largest absolute Gasteiger partial charge is 0.467 e. The molecule has 2 N–H and O–H groups in total. The first-order chi connectivity index (χ1) is 11.5. The van der Waals surface area contributed by atoms with Crippen molar-refractivity contribution < 1.29 is 18.7 Å². The van der Waals surface area contributed by atoms with Gasteiger partial charge in [-0.15, -0.1) is 0 Å². The average molecular weight is 333 g/mol. The van der Waals surface area contributed by atoms with Crippen molar-refractivity contribution in [3.8, 4) is 0 Å². The highest BCUT2D eigenvalue weighted by Gasteiger charge is 2.15. The highest BCUT2D eigenvalue weighted by molar-refractivity contribution is 5.83. The number of esters is 1. The van der Waals surface area contributed by atoms with Gasteiger partial charge >= 0.3 is 12.0 Å². The first kappa shape index (κ1) is 17.5. The summed E-state index contributed by atoms with van der Waals surface area (Å²) >= 11 is 0. The number of nitrogens with zero attached hydrogens (tertiary/aromatic N) is 1. The van der Waals surface area contributed by atoms with Crippen LogP contribution in [-0.2, 0) is 22.6 Å². The van der Waals surface area contributed by atoms with Gasteiger partial charge in [0.1, 0.15) is 11.9 Å². The van der Waals surface area contributed by atoms with Gasteiger partial charge in [0, 0.05) is 17.5 Å². The van der Waals surface area contributed by atoms with Gasteiger partial charge in [0.2, 0.25) is 0 Å². The van der Waals surface area contributed by atoms with Gasteiger partial charge in [-0.3, -0.25) is 0 Å². The third-order valence-electron chi connectivity index (χ3n) is 3.55. The van der Waals surface area contributed by atoms with Crippen LogP contribution in [0.3, 0.4) is 0 Å². The van der Waals surface area contributed by atoms with Crippen LogP contribution >= 0.6 is 0 Å². The molecule has 6 nitrogen and oxygen atoms in total. The van der Waals surface area contributed by atoms with Crippen molar-refractivity contribution in [3.05, 3.63) is 59.7 Å². The van der Waals surface area contributed by atoms with Crippen LogP contribution in [0.5, 0.6) is 0 Å². The van der Waals surface area contributed by atoms with Crippen molar-refractivity contribution >= 4 is 12.0 Å². The number of methoxy groups -OCH3 is 1. The normalized spacial score (nSPS) is 11.6. The molecule has 0 aliphatic heterocycles. The number of rotatable bonds is 6. The number of carbonyl (C=O) groups excluding carboxylic acids is 2. The minimum atomic E-state index is -0.736. The molecule has 1 atom stereocenters. The second kappa shape index (κ2) is 8.14. The van der Waals surface area contributed by atoms with Crippen molar-refractivity contribution in [1.82, 2.24) is 15.2 Å². The molecule has 0 spiro atoms. The summed E-state index contributed by atoms with van der Waals surface area (Å²) in [4.78, 5) is 23.1. The molecule has 2 rings (SSSR count). The highest BCUT2D eigenvalue weighted by Crippen LogP contribution is 2.11. The van der Waals surface area contributed by atoms with E-state index in [9.17, 15) is 14.0 Å². The number of hydrogen-bond acceptors (Lipinski definition) is 3. The Morgan fingerprint density at radius 3 is 2.71 bits per heavy atom. The Kier molecular flexibility index (Phi) is 5.95. The summed E-state index contributed by atoms with van der Waals surface area (Å²) in [6.07, 6.45) is 1.82. The van der Waals surface area contributed by atoms with Crippen molar-refractivity contribution in [1.29, 1.82) is 0 Å². The molecule has 0 aliphatic carbocycles. The molecule has 0 radical (unpaired) electrons. The van der Waals surface area contributed by atoms with Crippen molar-refractivity contribution in [2.24, 2.45) is 0 Å². The van der Waals surface area contributed by atoms with Gasteiger partial charge in [-0.1, -0.05) is 18.2 Å². The van der Waals surface area contributed by atoms with E-state index in [1.54, 1.807) is 18.2 Å². The van der Waals surface area contributed by atoms with Crippen LogP contribution in [0.4, 0.5) is 9.18 Å². The number of benzene rings is 1. The first-order valence-corrected chi connectivity index (χ1v) is 7.51. The monoisotopic (exact) mass is 333 g/mol. The van der Waals surface area contributed by atoms with Crippen LogP contribution in [0.15, 0.2) is 42.6 Å². The zero-order valence-electron chi connectivity index (χ0n) is 13.6. The molecule has 128 valence electrons. The first-order valence-electron chi connectivity index (χ1n) is 7.51. The summed E-state index contributed by atoms with van der Waals surface area (Å²) in [5.41, 5.74) is 1.39. The Morgan fingerprint density at radius 1 is 1.25 bits per heavy atom. The Balaban J connectivity index is 1.93. The molecule has 2 aromatic rings. The molecule has 2 amide bonds. The quantitative estimate of drug-likeness (QED) is 0.795. The molecular weight excluding hydrogens is 313 g/mol. The summed E-state index contributed by atoms with van der Waals surface area (Å²) in [6.45, 7) is 2.16. The molecule has 0 saturated heterocycles. The van der Waals surface area contributed by atoms with Gasteiger partial charge < -0.3 is 19.9 Å². The lowest BCUT2D eigenvalue weighted by Crippen LogP contribution is -2.44. The minimum absolute atomic E-state index is 0.251. The van der Waals surface area contributed by atoms with Crippen LogP contribution < -0.4 is 10.6 Å². The van der Waals surface area contributed by atoms with Crippen LogP contribution in [-0.4, -0.2) is 29.7 Å². The van der Waals surface area contributed by atoms with Crippen LogP contribution in [0.2, 0.25) is 0 Å². The number of hydrogen-bond donors (Lipinski definition) is 2. The molecule has 0 saturated carbocycles. The van der Waals surface area contributed by atoms with E-state index in [1.165, 1.54) is 20.1 Å². The van der Waals surface area contributed by atoms with E-state index in [4.69, 9.17) is 0 Å². The van der Waals surface area contributed by atoms with Crippen LogP contribution in [0.25, 0.3) is 0 Å². The molecule has 0 fully saturated rings. The Hall–Kier alpha value is -2.83. The lowest BCUT2D eigenvalue weighted by atomic mass is 10.2. The zero-order chi connectivity index (χ0) is 17.5. The smallest absolute Gasteiger partial charge is 0.328 e. The SMILES string of the molecule is COC(=O)C(C)NC(=O)NCc1cccn1Cc1ccccc1F. The van der Waals surface area contributed by atoms with E-state index in [1.807, 2.05) is 22.9 Å². The topological polar surface area (TPSA) is 72.4 Å². The molecule has 0 bridgehead atoms. The second-order valence-electron chi connectivity index (χ2n) is 5.29. The number of aromatic nitrogens is 1. The maximum Gasteiger partial charge on any atom is 0.328 e. The summed E-state index contributed by atoms with van der Waals surface area (Å²) in [6, 6.07) is 9.00. The van der Waals surface area contributed by atoms with Crippen molar-refractivity contribution in [2.75, 3.05) is 7.11 Å². The van der Waals surface area contributed by atoms with E-state index < -0.39 is 18.0 Å². The summed E-state index contributed by atoms with van der Waals surface area (Å²) in [7, 11) is 1.26. The fourth-order valence-electron chi connectivity index (χ4n) is 2.23. The molecule has 24 heavy (non-hydrogen) atoms. The standard InChI is InChI=1S/C17H20FN3O3/c1-12(16(22)24-2)20-17(23)19-10-14-7-5-9-21(14)11-13-6-3-4-8-15(13)18/h3-9,12H,10-11H2,1-2H3,(H2,19,20,23). The average Bonchev–Trinajstić information content (AvgIpc) is 3.01. The molecule has 7 heteroatoms. The second-order valence-corrected chi connectivity index (χ2v) is 5.29. The van der Waals surface area contributed by atoms with Gasteiger partial charge in [-0.05, 0) is 25.1 Å². The van der Waals surface area contributed by atoms with E-state index in [0.717, 1.165) is 5.69 Å². The van der Waals surface area contributed by atoms with Crippen molar-refractivity contribution in [2.45, 2.75) is 26.1 Å². The number of amides is 2. The Labute approximate surface area is 139 Å². The summed E-state index contributed by atoms with van der Waals surface area (Å²) < 4.78 is 20.1. The maximum absolute atomic E-state index is 13.7. The van der Waals surface area contributed by atoms with Gasteiger partial charge in [-0.25, -0.2) is 14.0 Å². The molecule has 1 unspecified atom stereocenters. The van der Waals surface area contributed by atoms with Gasteiger partial charge in [0.25, 0.3) is 0 Å². The number of urea groups is 1. The van der Waals surface area contributed by atoms with E-state index in [-0.39, 0.29) is 12.4 Å². The van der Waals surface area contributed by atoms with Crippen LogP contribution in [0.1, 0.15) is 18.2 Å². The molecule has 1 heterocycles. The third kappa shape index (κ3) is 4.58. The van der Waals surface area contributed by atoms with Gasteiger partial charge in [-0.2, -0.15) is 0 Å². The fraction of sp³-hybridized carbons (Fsp3) is 0.294.